The number of rotatable bonds is 7. The van der Waals surface area contributed by atoms with Crippen LogP contribution in [0.5, 0.6) is 0 Å². The standard InChI is InChI=1S/C30H48/c1-3-7-24-10-14-27(15-11-24)29-18-20-30(21-19-29)28-16-12-25(13-17-28)22-23(2)26-8-5-4-6-9-26/h4-6,8-9,23-25,27-30H,3,7,10-22H2,1-2H3/t23-,24?,25?,27?,28?,29?,30?/m0/s1. The Morgan fingerprint density at radius 1 is 0.633 bits per heavy atom. The average Bonchev–Trinajstić information content (AvgIpc) is 2.81. The van der Waals surface area contributed by atoms with Gasteiger partial charge in [0.05, 0.1) is 0 Å². The predicted octanol–water partition coefficient (Wildman–Crippen LogP) is 9.40. The Balaban J connectivity index is 1.15. The van der Waals surface area contributed by atoms with Gasteiger partial charge in [0, 0.05) is 0 Å². The minimum atomic E-state index is 0.732. The van der Waals surface area contributed by atoms with Gasteiger partial charge in [0.15, 0.2) is 0 Å². The highest BCUT2D eigenvalue weighted by Crippen LogP contribution is 2.47. The van der Waals surface area contributed by atoms with E-state index in [2.05, 4.69) is 44.2 Å². The predicted molar refractivity (Wildman–Crippen MR) is 131 cm³/mol. The second-order valence-corrected chi connectivity index (χ2v) is 11.6. The van der Waals surface area contributed by atoms with Crippen molar-refractivity contribution >= 4 is 0 Å². The van der Waals surface area contributed by atoms with Crippen molar-refractivity contribution in [3.05, 3.63) is 35.9 Å². The van der Waals surface area contributed by atoms with E-state index in [4.69, 9.17) is 0 Å². The Morgan fingerprint density at radius 3 is 1.53 bits per heavy atom. The van der Waals surface area contributed by atoms with Gasteiger partial charge in [-0.3, -0.25) is 0 Å². The monoisotopic (exact) mass is 408 g/mol. The van der Waals surface area contributed by atoms with Crippen LogP contribution in [0.2, 0.25) is 0 Å². The minimum absolute atomic E-state index is 0.732. The Labute approximate surface area is 187 Å². The molecule has 3 aliphatic carbocycles. The Kier molecular flexibility index (Phi) is 8.36. The van der Waals surface area contributed by atoms with Crippen molar-refractivity contribution in [2.75, 3.05) is 0 Å². The number of hydrogen-bond donors (Lipinski definition) is 0. The SMILES string of the molecule is CCCC1CCC(C2CCC(C3CCC(C[C@H](C)c4ccccc4)CC3)CC2)CC1. The molecule has 30 heavy (non-hydrogen) atoms. The van der Waals surface area contributed by atoms with Crippen molar-refractivity contribution in [3.8, 4) is 0 Å². The fourth-order valence-electron chi connectivity index (χ4n) is 7.76. The lowest BCUT2D eigenvalue weighted by atomic mass is 9.64. The van der Waals surface area contributed by atoms with E-state index in [0.29, 0.717) is 0 Å². The molecule has 3 fully saturated rings. The molecule has 0 heterocycles. The summed E-state index contributed by atoms with van der Waals surface area (Å²) in [5.74, 6) is 7.10. The minimum Gasteiger partial charge on any atom is -0.0654 e. The molecule has 0 saturated heterocycles. The van der Waals surface area contributed by atoms with Gasteiger partial charge in [-0.15, -0.1) is 0 Å². The van der Waals surface area contributed by atoms with Gasteiger partial charge in [-0.25, -0.2) is 0 Å². The molecule has 0 N–H and O–H groups in total. The molecule has 4 rings (SSSR count). The van der Waals surface area contributed by atoms with Crippen molar-refractivity contribution in [1.29, 1.82) is 0 Å². The van der Waals surface area contributed by atoms with E-state index in [1.54, 1.807) is 56.9 Å². The third-order valence-electron chi connectivity index (χ3n) is 9.69. The third-order valence-corrected chi connectivity index (χ3v) is 9.69. The highest BCUT2D eigenvalue weighted by atomic mass is 14.4. The van der Waals surface area contributed by atoms with Gasteiger partial charge >= 0.3 is 0 Å². The van der Waals surface area contributed by atoms with Crippen molar-refractivity contribution < 1.29 is 0 Å². The molecule has 168 valence electrons. The zero-order valence-electron chi connectivity index (χ0n) is 20.0. The Hall–Kier alpha value is -0.780. The first kappa shape index (κ1) is 22.4. The molecule has 0 nitrogen and oxygen atoms in total. The molecule has 3 aliphatic rings. The van der Waals surface area contributed by atoms with E-state index in [0.717, 1.165) is 41.4 Å². The van der Waals surface area contributed by atoms with Crippen molar-refractivity contribution in [3.63, 3.8) is 0 Å². The Bertz CT molecular complexity index is 580. The quantitative estimate of drug-likeness (QED) is 0.421. The van der Waals surface area contributed by atoms with Crippen LogP contribution in [0, 0.1) is 35.5 Å². The summed E-state index contributed by atoms with van der Waals surface area (Å²) < 4.78 is 0. The molecular weight excluding hydrogens is 360 g/mol. The van der Waals surface area contributed by atoms with Crippen LogP contribution >= 0.6 is 0 Å². The Morgan fingerprint density at radius 2 is 1.07 bits per heavy atom. The van der Waals surface area contributed by atoms with Crippen LogP contribution in [0.15, 0.2) is 30.3 Å². The molecule has 0 amide bonds. The fourth-order valence-corrected chi connectivity index (χ4v) is 7.76. The van der Waals surface area contributed by atoms with E-state index in [1.807, 2.05) is 0 Å². The molecule has 0 bridgehead atoms. The van der Waals surface area contributed by atoms with Crippen LogP contribution in [0.3, 0.4) is 0 Å². The van der Waals surface area contributed by atoms with E-state index >= 15 is 0 Å². The molecular formula is C30H48. The molecule has 0 heteroatoms. The van der Waals surface area contributed by atoms with Crippen LogP contribution < -0.4 is 0 Å². The summed E-state index contributed by atoms with van der Waals surface area (Å²) in [5, 5.41) is 0. The lowest BCUT2D eigenvalue weighted by Gasteiger charge is -2.41. The largest absolute Gasteiger partial charge is 0.0654 e. The highest BCUT2D eigenvalue weighted by Gasteiger charge is 2.34. The number of benzene rings is 1. The van der Waals surface area contributed by atoms with Crippen LogP contribution in [-0.2, 0) is 0 Å². The first-order chi connectivity index (χ1) is 14.7. The second kappa shape index (κ2) is 11.2. The zero-order chi connectivity index (χ0) is 20.8. The summed E-state index contributed by atoms with van der Waals surface area (Å²) in [6.07, 6.45) is 22.8. The molecule has 0 aliphatic heterocycles. The summed E-state index contributed by atoms with van der Waals surface area (Å²) in [6.45, 7) is 4.81. The topological polar surface area (TPSA) is 0 Å². The third kappa shape index (κ3) is 5.92. The molecule has 0 aromatic heterocycles. The van der Waals surface area contributed by atoms with Crippen LogP contribution in [0.25, 0.3) is 0 Å². The molecule has 0 spiro atoms. The first-order valence-corrected chi connectivity index (χ1v) is 13.8. The second-order valence-electron chi connectivity index (χ2n) is 11.6. The normalized spacial score (nSPS) is 36.3. The molecule has 1 aromatic carbocycles. The maximum absolute atomic E-state index is 2.44. The first-order valence-electron chi connectivity index (χ1n) is 13.8. The molecule has 1 aromatic rings. The molecule has 3 saturated carbocycles. The molecule has 0 radical (unpaired) electrons. The summed E-state index contributed by atoms with van der Waals surface area (Å²) >= 11 is 0. The lowest BCUT2D eigenvalue weighted by Crippen LogP contribution is -2.30. The van der Waals surface area contributed by atoms with Gasteiger partial charge in [-0.05, 0) is 105 Å². The van der Waals surface area contributed by atoms with Gasteiger partial charge in [0.1, 0.15) is 0 Å². The van der Waals surface area contributed by atoms with Crippen molar-refractivity contribution in [2.45, 2.75) is 116 Å². The van der Waals surface area contributed by atoms with Gasteiger partial charge in [0.25, 0.3) is 0 Å². The van der Waals surface area contributed by atoms with Gasteiger partial charge in [-0.2, -0.15) is 0 Å². The summed E-state index contributed by atoms with van der Waals surface area (Å²) in [4.78, 5) is 0. The molecule has 0 unspecified atom stereocenters. The zero-order valence-corrected chi connectivity index (χ0v) is 20.0. The lowest BCUT2D eigenvalue weighted by molar-refractivity contribution is 0.102. The van der Waals surface area contributed by atoms with Crippen molar-refractivity contribution in [1.82, 2.24) is 0 Å². The van der Waals surface area contributed by atoms with E-state index < -0.39 is 0 Å². The van der Waals surface area contributed by atoms with Crippen LogP contribution in [0.1, 0.15) is 122 Å². The summed E-state index contributed by atoms with van der Waals surface area (Å²) in [5.41, 5.74) is 1.54. The smallest absolute Gasteiger partial charge is 0.0188 e. The average molecular weight is 409 g/mol. The number of hydrogen-bond acceptors (Lipinski definition) is 0. The highest BCUT2D eigenvalue weighted by molar-refractivity contribution is 5.18. The van der Waals surface area contributed by atoms with Gasteiger partial charge < -0.3 is 0 Å². The summed E-state index contributed by atoms with van der Waals surface area (Å²) in [7, 11) is 0. The van der Waals surface area contributed by atoms with E-state index in [9.17, 15) is 0 Å². The van der Waals surface area contributed by atoms with Crippen LogP contribution in [0.4, 0.5) is 0 Å². The van der Waals surface area contributed by atoms with E-state index in [-0.39, 0.29) is 0 Å². The maximum atomic E-state index is 2.44. The van der Waals surface area contributed by atoms with Gasteiger partial charge in [0.2, 0.25) is 0 Å². The van der Waals surface area contributed by atoms with Crippen LogP contribution in [-0.4, -0.2) is 0 Å². The molecule has 1 atom stereocenters. The maximum Gasteiger partial charge on any atom is -0.0188 e. The van der Waals surface area contributed by atoms with Crippen molar-refractivity contribution in [2.24, 2.45) is 35.5 Å². The fraction of sp³-hybridized carbons (Fsp3) is 0.800. The summed E-state index contributed by atoms with van der Waals surface area (Å²) in [6, 6.07) is 11.2. The van der Waals surface area contributed by atoms with E-state index in [1.165, 1.54) is 44.9 Å². The van der Waals surface area contributed by atoms with Gasteiger partial charge in [-0.1, -0.05) is 82.7 Å².